The molecule has 0 bridgehead atoms. The summed E-state index contributed by atoms with van der Waals surface area (Å²) in [7, 11) is -4.67. The first-order valence-corrected chi connectivity index (χ1v) is 5.45. The maximum atomic E-state index is 10.7. The molecule has 16 heavy (non-hydrogen) atoms. The third kappa shape index (κ3) is 4.69. The molecule has 0 saturated heterocycles. The molecule has 0 saturated carbocycles. The highest BCUT2D eigenvalue weighted by atomic mass is 32.3. The van der Waals surface area contributed by atoms with Gasteiger partial charge in [-0.15, -0.1) is 0 Å². The van der Waals surface area contributed by atoms with E-state index < -0.39 is 10.4 Å². The van der Waals surface area contributed by atoms with Crippen LogP contribution in [0.2, 0.25) is 0 Å². The van der Waals surface area contributed by atoms with Gasteiger partial charge in [0, 0.05) is 11.5 Å². The van der Waals surface area contributed by atoms with Crippen molar-refractivity contribution in [2.45, 2.75) is 0 Å². The lowest BCUT2D eigenvalue weighted by molar-refractivity contribution is 0.381. The normalized spacial score (nSPS) is 10.6. The van der Waals surface area contributed by atoms with Gasteiger partial charge in [-0.3, -0.25) is 9.11 Å². The molecular weight excluding hydrogens is 236 g/mol. The molecule has 6 nitrogen and oxygen atoms in total. The Kier molecular flexibility index (Phi) is 3.78. The summed E-state index contributed by atoms with van der Waals surface area (Å²) in [5.74, 6) is 0. The van der Waals surface area contributed by atoms with E-state index in [0.29, 0.717) is 5.58 Å². The van der Waals surface area contributed by atoms with Crippen molar-refractivity contribution in [1.82, 2.24) is 0 Å². The molecule has 0 unspecified atom stereocenters. The van der Waals surface area contributed by atoms with Crippen LogP contribution in [0.1, 0.15) is 0 Å². The molecule has 0 atom stereocenters. The van der Waals surface area contributed by atoms with Gasteiger partial charge in [0.1, 0.15) is 5.58 Å². The first kappa shape index (κ1) is 12.4. The Morgan fingerprint density at radius 2 is 1.56 bits per heavy atom. The summed E-state index contributed by atoms with van der Waals surface area (Å²) in [5.41, 5.74) is 0.337. The number of rotatable bonds is 0. The van der Waals surface area contributed by atoms with Gasteiger partial charge in [-0.25, -0.2) is 4.79 Å². The molecule has 0 fully saturated rings. The Labute approximate surface area is 90.7 Å². The van der Waals surface area contributed by atoms with Gasteiger partial charge in [-0.2, -0.15) is 8.42 Å². The largest absolute Gasteiger partial charge is 0.423 e. The molecule has 2 aromatic rings. The summed E-state index contributed by atoms with van der Waals surface area (Å²) in [4.78, 5) is 10.7. The third-order valence-corrected chi connectivity index (χ3v) is 1.53. The molecule has 0 spiro atoms. The van der Waals surface area contributed by atoms with Crippen LogP contribution in [0, 0.1) is 0 Å². The van der Waals surface area contributed by atoms with E-state index in [1.165, 1.54) is 6.07 Å². The highest BCUT2D eigenvalue weighted by molar-refractivity contribution is 7.79. The first-order valence-electron chi connectivity index (χ1n) is 4.05. The monoisotopic (exact) mass is 244 g/mol. The van der Waals surface area contributed by atoms with Gasteiger partial charge >= 0.3 is 16.0 Å². The van der Waals surface area contributed by atoms with E-state index in [-0.39, 0.29) is 5.63 Å². The van der Waals surface area contributed by atoms with E-state index in [4.69, 9.17) is 21.9 Å². The van der Waals surface area contributed by atoms with Crippen LogP contribution in [0.5, 0.6) is 0 Å². The molecule has 7 heteroatoms. The van der Waals surface area contributed by atoms with Gasteiger partial charge in [-0.1, -0.05) is 18.2 Å². The second-order valence-electron chi connectivity index (χ2n) is 2.74. The average molecular weight is 244 g/mol. The topological polar surface area (TPSA) is 105 Å². The fraction of sp³-hybridized carbons (Fsp3) is 0. The van der Waals surface area contributed by atoms with Crippen LogP contribution >= 0.6 is 0 Å². The Morgan fingerprint density at radius 3 is 2.19 bits per heavy atom. The van der Waals surface area contributed by atoms with Crippen LogP contribution in [-0.4, -0.2) is 17.5 Å². The molecule has 2 N–H and O–H groups in total. The maximum Gasteiger partial charge on any atom is 0.394 e. The highest BCUT2D eigenvalue weighted by Crippen LogP contribution is 2.08. The summed E-state index contributed by atoms with van der Waals surface area (Å²) in [5, 5.41) is 0.951. The standard InChI is InChI=1S/C9H6O2.H2O4S/c10-9-6-5-7-3-1-2-4-8(7)11-9;1-5(2,3)4/h1-6H;(H2,1,2,3,4). The summed E-state index contributed by atoms with van der Waals surface area (Å²) in [6.45, 7) is 0. The van der Waals surface area contributed by atoms with E-state index in [1.54, 1.807) is 12.1 Å². The van der Waals surface area contributed by atoms with Crippen LogP contribution in [0.4, 0.5) is 0 Å². The molecule has 1 aromatic carbocycles. The average Bonchev–Trinajstić information content (AvgIpc) is 2.15. The lowest BCUT2D eigenvalue weighted by atomic mass is 10.2. The second-order valence-corrected chi connectivity index (χ2v) is 3.64. The van der Waals surface area contributed by atoms with Crippen LogP contribution < -0.4 is 5.63 Å². The minimum Gasteiger partial charge on any atom is -0.423 e. The van der Waals surface area contributed by atoms with E-state index >= 15 is 0 Å². The zero-order valence-electron chi connectivity index (χ0n) is 7.90. The van der Waals surface area contributed by atoms with Gasteiger partial charge in [-0.05, 0) is 12.1 Å². The fourth-order valence-electron chi connectivity index (χ4n) is 1.01. The number of benzene rings is 1. The minimum atomic E-state index is -4.67. The van der Waals surface area contributed by atoms with E-state index in [9.17, 15) is 4.79 Å². The van der Waals surface area contributed by atoms with Crippen molar-refractivity contribution in [2.75, 3.05) is 0 Å². The molecule has 2 rings (SSSR count). The van der Waals surface area contributed by atoms with Crippen molar-refractivity contribution in [2.24, 2.45) is 0 Å². The Hall–Kier alpha value is -1.70. The van der Waals surface area contributed by atoms with Crippen LogP contribution in [0.3, 0.4) is 0 Å². The maximum absolute atomic E-state index is 10.7. The molecule has 0 amide bonds. The van der Waals surface area contributed by atoms with Crippen molar-refractivity contribution < 1.29 is 21.9 Å². The zero-order chi connectivity index (χ0) is 12.2. The van der Waals surface area contributed by atoms with Crippen molar-refractivity contribution >= 4 is 21.4 Å². The zero-order valence-corrected chi connectivity index (χ0v) is 8.72. The van der Waals surface area contributed by atoms with Gasteiger partial charge in [0.25, 0.3) is 0 Å². The lowest BCUT2D eigenvalue weighted by Gasteiger charge is -1.91. The molecule has 0 aliphatic carbocycles. The van der Waals surface area contributed by atoms with Gasteiger partial charge < -0.3 is 4.42 Å². The van der Waals surface area contributed by atoms with E-state index in [1.807, 2.05) is 18.2 Å². The number of fused-ring (bicyclic) bond motifs is 1. The predicted octanol–water partition coefficient (Wildman–Crippen LogP) is 1.14. The van der Waals surface area contributed by atoms with Gasteiger partial charge in [0.15, 0.2) is 0 Å². The molecular formula is C9H8O6S. The van der Waals surface area contributed by atoms with Gasteiger partial charge in [0.2, 0.25) is 0 Å². The number of hydrogen-bond acceptors (Lipinski definition) is 4. The number of hydrogen-bond donors (Lipinski definition) is 2. The lowest BCUT2D eigenvalue weighted by Crippen LogP contribution is -1.93. The van der Waals surface area contributed by atoms with Crippen molar-refractivity contribution in [1.29, 1.82) is 0 Å². The summed E-state index contributed by atoms with van der Waals surface area (Å²) < 4.78 is 36.5. The van der Waals surface area contributed by atoms with E-state index in [2.05, 4.69) is 0 Å². The Balaban J connectivity index is 0.000000221. The SMILES string of the molecule is O=S(=O)(O)O.O=c1ccc2ccccc2o1. The molecule has 86 valence electrons. The summed E-state index contributed by atoms with van der Waals surface area (Å²) in [6, 6.07) is 10.6. The van der Waals surface area contributed by atoms with Crippen molar-refractivity contribution in [3.05, 3.63) is 46.8 Å². The van der Waals surface area contributed by atoms with Crippen molar-refractivity contribution in [3.63, 3.8) is 0 Å². The van der Waals surface area contributed by atoms with Gasteiger partial charge in [0.05, 0.1) is 0 Å². The quantitative estimate of drug-likeness (QED) is 0.531. The number of para-hydroxylation sites is 1. The fourth-order valence-corrected chi connectivity index (χ4v) is 1.01. The molecule has 0 aliphatic rings. The molecule has 1 aromatic heterocycles. The second kappa shape index (κ2) is 4.88. The highest BCUT2D eigenvalue weighted by Gasteiger charge is 1.92. The third-order valence-electron chi connectivity index (χ3n) is 1.53. The molecule has 0 radical (unpaired) electrons. The first-order chi connectivity index (χ1) is 7.36. The minimum absolute atomic E-state index is 0.302. The Morgan fingerprint density at radius 1 is 1.00 bits per heavy atom. The van der Waals surface area contributed by atoms with Crippen LogP contribution in [-0.2, 0) is 10.4 Å². The molecule has 1 heterocycles. The van der Waals surface area contributed by atoms with Crippen molar-refractivity contribution in [3.8, 4) is 0 Å². The predicted molar refractivity (Wildman–Crippen MR) is 56.7 cm³/mol. The summed E-state index contributed by atoms with van der Waals surface area (Å²) >= 11 is 0. The summed E-state index contributed by atoms with van der Waals surface area (Å²) in [6.07, 6.45) is 0. The van der Waals surface area contributed by atoms with E-state index in [0.717, 1.165) is 5.39 Å². The smallest absolute Gasteiger partial charge is 0.394 e. The van der Waals surface area contributed by atoms with Crippen LogP contribution in [0.15, 0.2) is 45.6 Å². The molecule has 0 aliphatic heterocycles. The van der Waals surface area contributed by atoms with Crippen LogP contribution in [0.25, 0.3) is 11.0 Å². The Bertz CT molecular complexity index is 619.